The Morgan fingerprint density at radius 3 is 2.90 bits per heavy atom. The van der Waals surface area contributed by atoms with Crippen molar-refractivity contribution < 1.29 is 4.79 Å². The van der Waals surface area contributed by atoms with Gasteiger partial charge in [-0.15, -0.1) is 11.3 Å². The summed E-state index contributed by atoms with van der Waals surface area (Å²) in [6, 6.07) is 4.18. The van der Waals surface area contributed by atoms with Crippen molar-refractivity contribution in [1.82, 2.24) is 25.2 Å². The molecule has 8 nitrogen and oxygen atoms in total. The van der Waals surface area contributed by atoms with Gasteiger partial charge in [-0.1, -0.05) is 0 Å². The highest BCUT2D eigenvalue weighted by atomic mass is 32.1. The maximum absolute atomic E-state index is 12.3. The third-order valence-corrected chi connectivity index (χ3v) is 5.29. The monoisotopic (exact) mass is 413 g/mol. The van der Waals surface area contributed by atoms with Gasteiger partial charge in [0.25, 0.3) is 5.91 Å². The maximum Gasteiger partial charge on any atom is 0.271 e. The van der Waals surface area contributed by atoms with Crippen LogP contribution in [0.15, 0.2) is 11.4 Å². The average Bonchev–Trinajstić information content (AvgIpc) is 3.09. The van der Waals surface area contributed by atoms with Crippen LogP contribution in [0.5, 0.6) is 0 Å². The summed E-state index contributed by atoms with van der Waals surface area (Å²) >= 11 is 1.37. The van der Waals surface area contributed by atoms with Crippen LogP contribution in [0.1, 0.15) is 61.5 Å². The van der Waals surface area contributed by atoms with Crippen molar-refractivity contribution >= 4 is 28.2 Å². The summed E-state index contributed by atoms with van der Waals surface area (Å²) in [5, 5.41) is 17.4. The van der Waals surface area contributed by atoms with E-state index < -0.39 is 0 Å². The maximum atomic E-state index is 12.3. The van der Waals surface area contributed by atoms with Gasteiger partial charge in [0.2, 0.25) is 0 Å². The van der Waals surface area contributed by atoms with Crippen LogP contribution < -0.4 is 10.6 Å². The Kier molecular flexibility index (Phi) is 6.45. The highest BCUT2D eigenvalue weighted by Crippen LogP contribution is 2.28. The van der Waals surface area contributed by atoms with Gasteiger partial charge >= 0.3 is 0 Å². The summed E-state index contributed by atoms with van der Waals surface area (Å²) in [5.74, 6) is 1.44. The minimum atomic E-state index is -0.313. The van der Waals surface area contributed by atoms with Crippen molar-refractivity contribution in [1.29, 1.82) is 5.26 Å². The van der Waals surface area contributed by atoms with Crippen molar-refractivity contribution in [2.24, 2.45) is 0 Å². The first-order valence-corrected chi connectivity index (χ1v) is 10.6. The van der Waals surface area contributed by atoms with Crippen molar-refractivity contribution in [2.75, 3.05) is 25.0 Å². The molecule has 9 heteroatoms. The van der Waals surface area contributed by atoms with Crippen molar-refractivity contribution in [2.45, 2.75) is 52.0 Å². The van der Waals surface area contributed by atoms with Crippen LogP contribution in [0.2, 0.25) is 0 Å². The van der Waals surface area contributed by atoms with Gasteiger partial charge in [-0.05, 0) is 47.1 Å². The van der Waals surface area contributed by atoms with Crippen LogP contribution in [0.4, 0.5) is 10.9 Å². The average molecular weight is 414 g/mol. The van der Waals surface area contributed by atoms with E-state index in [-0.39, 0.29) is 17.4 Å². The number of rotatable bonds is 5. The van der Waals surface area contributed by atoms with E-state index in [0.717, 1.165) is 31.6 Å². The number of hydrogen-bond donors (Lipinski definition) is 2. The molecule has 1 amide bonds. The normalized spacial score (nSPS) is 17.6. The molecule has 1 aliphatic heterocycles. The number of hydrogen-bond acceptors (Lipinski definition) is 8. The lowest BCUT2D eigenvalue weighted by Gasteiger charge is -2.30. The van der Waals surface area contributed by atoms with Gasteiger partial charge < -0.3 is 10.6 Å². The zero-order chi connectivity index (χ0) is 21.0. The largest absolute Gasteiger partial charge is 0.346 e. The lowest BCUT2D eigenvalue weighted by molar-refractivity contribution is 0.0915. The summed E-state index contributed by atoms with van der Waals surface area (Å²) in [6.07, 6.45) is 2.10. The number of nitrogens with zero attached hydrogens (tertiary/aromatic N) is 5. The van der Waals surface area contributed by atoms with Gasteiger partial charge in [0.15, 0.2) is 5.13 Å². The summed E-state index contributed by atoms with van der Waals surface area (Å²) in [6.45, 7) is 9.91. The molecule has 3 heterocycles. The van der Waals surface area contributed by atoms with Crippen LogP contribution >= 0.6 is 11.3 Å². The molecule has 1 atom stereocenters. The van der Waals surface area contributed by atoms with Crippen LogP contribution in [-0.2, 0) is 0 Å². The Hall–Kier alpha value is -2.57. The van der Waals surface area contributed by atoms with E-state index in [1.54, 1.807) is 5.38 Å². The number of carbonyl (C=O) groups excluding carboxylic acids is 1. The molecule has 2 aromatic heterocycles. The molecular formula is C20H27N7OS. The number of likely N-dealkylation sites (tertiary alicyclic amines) is 1. The Bertz CT molecular complexity index is 912. The number of nitriles is 1. The van der Waals surface area contributed by atoms with E-state index >= 15 is 0 Å². The topological polar surface area (TPSA) is 107 Å². The summed E-state index contributed by atoms with van der Waals surface area (Å²) in [7, 11) is 0. The molecule has 3 rings (SSSR count). The van der Waals surface area contributed by atoms with E-state index in [1.807, 2.05) is 33.8 Å². The standard InChI is InChI=1S/C20H27N7OS/c1-13-22-15(14-6-5-8-27(11-14)9-7-21)10-17(23-13)25-19-24-16(12-29-19)18(28)26-20(2,3)4/h10,12,14H,5-6,8-9,11H2,1-4H3,(H,26,28)(H,22,23,24,25)/t14-/m0/s1. The number of nitrogens with one attached hydrogen (secondary N) is 2. The third kappa shape index (κ3) is 5.95. The zero-order valence-corrected chi connectivity index (χ0v) is 18.1. The molecule has 0 bridgehead atoms. The lowest BCUT2D eigenvalue weighted by Crippen LogP contribution is -2.40. The van der Waals surface area contributed by atoms with Crippen molar-refractivity contribution in [3.05, 3.63) is 28.7 Å². The first kappa shape index (κ1) is 21.1. The molecule has 154 valence electrons. The number of piperidine rings is 1. The molecule has 0 saturated carbocycles. The molecule has 29 heavy (non-hydrogen) atoms. The minimum Gasteiger partial charge on any atom is -0.346 e. The van der Waals surface area contributed by atoms with Crippen molar-refractivity contribution in [3.63, 3.8) is 0 Å². The fourth-order valence-electron chi connectivity index (χ4n) is 3.35. The number of carbonyl (C=O) groups is 1. The van der Waals surface area contributed by atoms with Crippen LogP contribution in [0.25, 0.3) is 0 Å². The van der Waals surface area contributed by atoms with Gasteiger partial charge in [-0.25, -0.2) is 15.0 Å². The molecule has 0 aromatic carbocycles. The van der Waals surface area contributed by atoms with E-state index in [4.69, 9.17) is 5.26 Å². The van der Waals surface area contributed by atoms with E-state index in [1.165, 1.54) is 11.3 Å². The van der Waals surface area contributed by atoms with Crippen LogP contribution in [0.3, 0.4) is 0 Å². The summed E-state index contributed by atoms with van der Waals surface area (Å²) in [5.41, 5.74) is 1.05. The third-order valence-electron chi connectivity index (χ3n) is 4.54. The fourth-order valence-corrected chi connectivity index (χ4v) is 4.05. The Labute approximate surface area is 175 Å². The molecular weight excluding hydrogens is 386 g/mol. The predicted octanol–water partition coefficient (Wildman–Crippen LogP) is 3.22. The molecule has 2 aromatic rings. The zero-order valence-electron chi connectivity index (χ0n) is 17.3. The second-order valence-corrected chi connectivity index (χ2v) is 9.18. The van der Waals surface area contributed by atoms with E-state index in [9.17, 15) is 4.79 Å². The Morgan fingerprint density at radius 1 is 1.38 bits per heavy atom. The van der Waals surface area contributed by atoms with Gasteiger partial charge in [0.05, 0.1) is 18.3 Å². The molecule has 1 aliphatic rings. The minimum absolute atomic E-state index is 0.193. The van der Waals surface area contributed by atoms with Gasteiger partial charge in [0.1, 0.15) is 17.3 Å². The summed E-state index contributed by atoms with van der Waals surface area (Å²) in [4.78, 5) is 27.9. The second kappa shape index (κ2) is 8.84. The summed E-state index contributed by atoms with van der Waals surface area (Å²) < 4.78 is 0. The fraction of sp³-hybridized carbons (Fsp3) is 0.550. The quantitative estimate of drug-likeness (QED) is 0.725. The van der Waals surface area contributed by atoms with E-state index in [0.29, 0.717) is 29.0 Å². The van der Waals surface area contributed by atoms with Crippen LogP contribution in [0, 0.1) is 18.3 Å². The SMILES string of the molecule is Cc1nc(Nc2nc(C(=O)NC(C)(C)C)cs2)cc([C@H]2CCCN(CC#N)C2)n1. The van der Waals surface area contributed by atoms with Gasteiger partial charge in [-0.3, -0.25) is 9.69 Å². The molecule has 2 N–H and O–H groups in total. The Balaban J connectivity index is 1.72. The molecule has 0 aliphatic carbocycles. The number of anilines is 2. The lowest BCUT2D eigenvalue weighted by atomic mass is 9.94. The first-order chi connectivity index (χ1) is 13.7. The van der Waals surface area contributed by atoms with E-state index in [2.05, 4.69) is 36.6 Å². The molecule has 0 unspecified atom stereocenters. The highest BCUT2D eigenvalue weighted by molar-refractivity contribution is 7.14. The van der Waals surface area contributed by atoms with Gasteiger partial charge in [-0.2, -0.15) is 5.26 Å². The number of aryl methyl sites for hydroxylation is 1. The molecule has 0 radical (unpaired) electrons. The van der Waals surface area contributed by atoms with Gasteiger partial charge in [0, 0.05) is 29.4 Å². The smallest absolute Gasteiger partial charge is 0.271 e. The predicted molar refractivity (Wildman–Crippen MR) is 113 cm³/mol. The second-order valence-electron chi connectivity index (χ2n) is 8.32. The first-order valence-electron chi connectivity index (χ1n) is 9.73. The molecule has 0 spiro atoms. The number of aromatic nitrogens is 3. The number of thiazole rings is 1. The Morgan fingerprint density at radius 2 is 2.17 bits per heavy atom. The van der Waals surface area contributed by atoms with Crippen molar-refractivity contribution in [3.8, 4) is 6.07 Å². The number of amides is 1. The molecule has 1 fully saturated rings. The highest BCUT2D eigenvalue weighted by Gasteiger charge is 2.23. The molecule has 1 saturated heterocycles. The van der Waals surface area contributed by atoms with Crippen LogP contribution in [-0.4, -0.2) is 50.9 Å².